The topological polar surface area (TPSA) is 71.3 Å². The third-order valence-corrected chi connectivity index (χ3v) is 5.51. The van der Waals surface area contributed by atoms with Gasteiger partial charge in [-0.3, -0.25) is 20.4 Å². The summed E-state index contributed by atoms with van der Waals surface area (Å²) in [6.45, 7) is 3.90. The molecule has 0 aliphatic heterocycles. The highest BCUT2D eigenvalue weighted by atomic mass is 32.1. The maximum Gasteiger partial charge on any atom is 0.242 e. The number of carbonyl (C=O) groups excluding carboxylic acids is 1. The van der Waals surface area contributed by atoms with E-state index >= 15 is 0 Å². The van der Waals surface area contributed by atoms with Crippen LogP contribution in [0.25, 0.3) is 21.9 Å². The zero-order valence-corrected chi connectivity index (χ0v) is 17.4. The van der Waals surface area contributed by atoms with Gasteiger partial charge in [0.15, 0.2) is 0 Å². The first-order valence-corrected chi connectivity index (χ1v) is 9.95. The van der Waals surface area contributed by atoms with Gasteiger partial charge in [-0.25, -0.2) is 0 Å². The fourth-order valence-corrected chi connectivity index (χ4v) is 3.56. The van der Waals surface area contributed by atoms with Crippen LogP contribution in [-0.2, 0) is 11.2 Å². The molecule has 0 aliphatic carbocycles. The quantitative estimate of drug-likeness (QED) is 0.299. The third kappa shape index (κ3) is 3.69. The first-order valence-electron chi connectivity index (χ1n) is 9.54. The second kappa shape index (κ2) is 8.08. The summed E-state index contributed by atoms with van der Waals surface area (Å²) in [4.78, 5) is 25.9. The monoisotopic (exact) mass is 416 g/mol. The van der Waals surface area contributed by atoms with Gasteiger partial charge in [0.05, 0.1) is 17.2 Å². The summed E-state index contributed by atoms with van der Waals surface area (Å²) in [5.74, 6) is -0.288. The number of nitrogens with one attached hydrogen (secondary N) is 2. The van der Waals surface area contributed by atoms with Crippen LogP contribution >= 0.6 is 12.2 Å². The fraction of sp³-hybridized carbons (Fsp3) is 0.125. The number of aryl methyl sites for hydroxylation is 2. The molecular weight excluding hydrogens is 396 g/mol. The van der Waals surface area contributed by atoms with Crippen molar-refractivity contribution in [2.75, 3.05) is 0 Å². The lowest BCUT2D eigenvalue weighted by molar-refractivity contribution is -0.120. The van der Waals surface area contributed by atoms with Gasteiger partial charge in [0.25, 0.3) is 0 Å². The molecule has 4 aromatic rings. The van der Waals surface area contributed by atoms with E-state index in [0.29, 0.717) is 32.5 Å². The molecule has 6 heteroatoms. The highest BCUT2D eigenvalue weighted by Crippen LogP contribution is 2.26. The van der Waals surface area contributed by atoms with Crippen LogP contribution in [0.4, 0.5) is 0 Å². The van der Waals surface area contributed by atoms with Crippen LogP contribution < -0.4 is 16.3 Å². The summed E-state index contributed by atoms with van der Waals surface area (Å²) in [6, 6.07) is 18.3. The molecule has 0 saturated carbocycles. The number of rotatable bonds is 3. The number of amides is 1. The Bertz CT molecular complexity index is 1340. The number of fused-ring (bicyclic) bond motifs is 2. The first-order chi connectivity index (χ1) is 14.5. The van der Waals surface area contributed by atoms with Crippen LogP contribution in [0.15, 0.2) is 69.9 Å². The molecule has 1 amide bonds. The maximum absolute atomic E-state index is 13.0. The van der Waals surface area contributed by atoms with Gasteiger partial charge >= 0.3 is 0 Å². The summed E-state index contributed by atoms with van der Waals surface area (Å²) in [7, 11) is 0. The maximum atomic E-state index is 13.0. The van der Waals surface area contributed by atoms with Crippen molar-refractivity contribution in [3.8, 4) is 0 Å². The zero-order chi connectivity index (χ0) is 21.3. The molecule has 1 heterocycles. The molecule has 0 unspecified atom stereocenters. The van der Waals surface area contributed by atoms with E-state index in [1.807, 2.05) is 50.2 Å². The summed E-state index contributed by atoms with van der Waals surface area (Å²) in [5, 5.41) is 1.01. The summed E-state index contributed by atoms with van der Waals surface area (Å²) in [6.07, 6.45) is 0.0427. The van der Waals surface area contributed by atoms with Crippen LogP contribution in [0.2, 0.25) is 0 Å². The molecule has 5 nitrogen and oxygen atoms in total. The van der Waals surface area contributed by atoms with Gasteiger partial charge in [-0.15, -0.1) is 0 Å². The second-order valence-corrected chi connectivity index (χ2v) is 7.56. The Morgan fingerprint density at radius 3 is 2.40 bits per heavy atom. The Morgan fingerprint density at radius 2 is 1.63 bits per heavy atom. The van der Waals surface area contributed by atoms with Gasteiger partial charge in [0.1, 0.15) is 16.2 Å². The molecule has 2 N–H and O–H groups in total. The van der Waals surface area contributed by atoms with Crippen molar-refractivity contribution in [3.05, 3.63) is 93.1 Å². The van der Waals surface area contributed by atoms with E-state index in [1.165, 1.54) is 0 Å². The van der Waals surface area contributed by atoms with Crippen molar-refractivity contribution in [1.29, 1.82) is 0 Å². The SMILES string of the molecule is Cc1ccc2c(=O)c3cccc(CC(=O)NNC(=S)c4ccccc4)c3oc2c1C. The van der Waals surface area contributed by atoms with E-state index in [-0.39, 0.29) is 17.8 Å². The van der Waals surface area contributed by atoms with Crippen LogP contribution in [0, 0.1) is 13.8 Å². The van der Waals surface area contributed by atoms with Gasteiger partial charge in [-0.2, -0.15) is 0 Å². The van der Waals surface area contributed by atoms with Crippen molar-refractivity contribution in [2.24, 2.45) is 0 Å². The molecule has 3 aromatic carbocycles. The zero-order valence-electron chi connectivity index (χ0n) is 16.6. The van der Waals surface area contributed by atoms with Crippen LogP contribution in [0.5, 0.6) is 0 Å². The number of hydrazine groups is 1. The highest BCUT2D eigenvalue weighted by molar-refractivity contribution is 7.80. The Kier molecular flexibility index (Phi) is 5.33. The minimum Gasteiger partial charge on any atom is -0.455 e. The van der Waals surface area contributed by atoms with Crippen LogP contribution in [0.3, 0.4) is 0 Å². The fourth-order valence-electron chi connectivity index (χ4n) is 3.38. The second-order valence-electron chi connectivity index (χ2n) is 7.15. The Labute approximate surface area is 178 Å². The lowest BCUT2D eigenvalue weighted by Gasteiger charge is -2.11. The summed E-state index contributed by atoms with van der Waals surface area (Å²) < 4.78 is 6.14. The average molecular weight is 417 g/mol. The molecule has 1 aromatic heterocycles. The first kappa shape index (κ1) is 19.8. The van der Waals surface area contributed by atoms with E-state index in [2.05, 4.69) is 10.9 Å². The molecule has 0 saturated heterocycles. The van der Waals surface area contributed by atoms with Gasteiger partial charge in [-0.05, 0) is 37.1 Å². The van der Waals surface area contributed by atoms with E-state index in [4.69, 9.17) is 16.6 Å². The van der Waals surface area contributed by atoms with Crippen LogP contribution in [-0.4, -0.2) is 10.9 Å². The Hall–Kier alpha value is -3.51. The van der Waals surface area contributed by atoms with Crippen molar-refractivity contribution in [2.45, 2.75) is 20.3 Å². The number of thiocarbonyl (C=S) groups is 1. The minimum atomic E-state index is -0.288. The lowest BCUT2D eigenvalue weighted by Crippen LogP contribution is -2.41. The van der Waals surface area contributed by atoms with Crippen molar-refractivity contribution in [3.63, 3.8) is 0 Å². The molecule has 0 spiro atoms. The van der Waals surface area contributed by atoms with Gasteiger partial charge in [0.2, 0.25) is 11.3 Å². The average Bonchev–Trinajstić information content (AvgIpc) is 2.76. The summed E-state index contributed by atoms with van der Waals surface area (Å²) in [5.41, 5.74) is 9.68. The Morgan fingerprint density at radius 1 is 0.900 bits per heavy atom. The normalized spacial score (nSPS) is 10.9. The molecule has 0 fully saturated rings. The lowest BCUT2D eigenvalue weighted by atomic mass is 10.0. The highest BCUT2D eigenvalue weighted by Gasteiger charge is 2.15. The molecule has 30 heavy (non-hydrogen) atoms. The van der Waals surface area contributed by atoms with E-state index < -0.39 is 0 Å². The molecule has 4 rings (SSSR count). The van der Waals surface area contributed by atoms with Gasteiger partial charge in [-0.1, -0.05) is 60.7 Å². The molecule has 0 bridgehead atoms. The number of hydrogen-bond acceptors (Lipinski definition) is 4. The molecule has 150 valence electrons. The number of benzene rings is 3. The molecule has 0 aliphatic rings. The Balaban J connectivity index is 1.63. The standard InChI is InChI=1S/C24H20N2O3S/c1-14-11-12-19-21(28)18-10-6-9-17(23(18)29-22(19)15(14)2)13-20(27)25-26-24(30)16-7-4-3-5-8-16/h3-12H,13H2,1-2H3,(H,25,27)(H,26,30). The predicted octanol–water partition coefficient (Wildman–Crippen LogP) is 4.10. The number of para-hydroxylation sites is 1. The van der Waals surface area contributed by atoms with Crippen molar-refractivity contribution >= 4 is 45.1 Å². The molecule has 0 atom stereocenters. The van der Waals surface area contributed by atoms with E-state index in [0.717, 1.165) is 16.7 Å². The molecular formula is C24H20N2O3S. The smallest absolute Gasteiger partial charge is 0.242 e. The predicted molar refractivity (Wildman–Crippen MR) is 123 cm³/mol. The number of carbonyl (C=O) groups is 1. The largest absolute Gasteiger partial charge is 0.455 e. The number of hydrogen-bond donors (Lipinski definition) is 2. The minimum absolute atomic E-state index is 0.0427. The molecule has 0 radical (unpaired) electrons. The van der Waals surface area contributed by atoms with Crippen molar-refractivity contribution < 1.29 is 9.21 Å². The van der Waals surface area contributed by atoms with Gasteiger partial charge < -0.3 is 4.42 Å². The van der Waals surface area contributed by atoms with E-state index in [1.54, 1.807) is 24.3 Å². The van der Waals surface area contributed by atoms with Crippen LogP contribution in [0.1, 0.15) is 22.3 Å². The van der Waals surface area contributed by atoms with Gasteiger partial charge in [0, 0.05) is 11.1 Å². The summed E-state index contributed by atoms with van der Waals surface area (Å²) >= 11 is 5.29. The van der Waals surface area contributed by atoms with Crippen molar-refractivity contribution in [1.82, 2.24) is 10.9 Å². The van der Waals surface area contributed by atoms with E-state index in [9.17, 15) is 9.59 Å². The third-order valence-electron chi connectivity index (χ3n) is 5.17.